The van der Waals surface area contributed by atoms with Crippen molar-refractivity contribution in [2.75, 3.05) is 32.9 Å². The first-order chi connectivity index (χ1) is 19.6. The molecule has 0 radical (unpaired) electrons. The molecule has 2 amide bonds. The Balaban J connectivity index is 1.91. The Labute approximate surface area is 250 Å². The van der Waals surface area contributed by atoms with Gasteiger partial charge in [0.2, 0.25) is 21.8 Å². The minimum Gasteiger partial charge on any atom is -0.342 e. The molecule has 1 aliphatic heterocycles. The molecule has 1 aliphatic rings. The summed E-state index contributed by atoms with van der Waals surface area (Å²) in [7, 11) is -5.85. The van der Waals surface area contributed by atoms with E-state index in [1.165, 1.54) is 28.6 Å². The van der Waals surface area contributed by atoms with Crippen LogP contribution >= 0.6 is 0 Å². The second-order valence-corrected chi connectivity index (χ2v) is 15.9. The number of hydrogen-bond donors (Lipinski definition) is 2. The van der Waals surface area contributed by atoms with Crippen molar-refractivity contribution in [3.05, 3.63) is 60.2 Å². The van der Waals surface area contributed by atoms with Crippen LogP contribution in [0.25, 0.3) is 0 Å². The Morgan fingerprint density at radius 2 is 1.60 bits per heavy atom. The Hall–Kier alpha value is -2.80. The molecule has 3 atom stereocenters. The SMILES string of the molecule is CN[C@@H](C)C(=O)N[C@H](C(=O)N1CCC[C@H]1CN(CCc1ccccc1)S(=O)(=O)c1ccc(S(C)(=O)=O)cc1)C(C)(C)C. The number of rotatable bonds is 12. The molecule has 0 bridgehead atoms. The quantitative estimate of drug-likeness (QED) is 0.373. The van der Waals surface area contributed by atoms with Crippen molar-refractivity contribution in [2.24, 2.45) is 5.41 Å². The Morgan fingerprint density at radius 3 is 2.14 bits per heavy atom. The van der Waals surface area contributed by atoms with Crippen LogP contribution in [0.5, 0.6) is 0 Å². The van der Waals surface area contributed by atoms with Crippen LogP contribution in [0.3, 0.4) is 0 Å². The number of sulfonamides is 1. The number of amides is 2. The summed E-state index contributed by atoms with van der Waals surface area (Å²) in [5, 5.41) is 5.80. The third-order valence-electron chi connectivity index (χ3n) is 7.68. The summed E-state index contributed by atoms with van der Waals surface area (Å²) in [6, 6.07) is 13.1. The van der Waals surface area contributed by atoms with Gasteiger partial charge in [-0.25, -0.2) is 16.8 Å². The van der Waals surface area contributed by atoms with Crippen LogP contribution in [-0.2, 0) is 35.9 Å². The highest BCUT2D eigenvalue weighted by Crippen LogP contribution is 2.28. The normalized spacial score (nSPS) is 17.7. The fourth-order valence-electron chi connectivity index (χ4n) is 4.98. The summed E-state index contributed by atoms with van der Waals surface area (Å²) in [5.41, 5.74) is 0.395. The molecule has 2 aromatic rings. The summed E-state index contributed by atoms with van der Waals surface area (Å²) in [5.74, 6) is -0.523. The molecule has 0 aromatic heterocycles. The molecule has 2 N–H and O–H groups in total. The number of likely N-dealkylation sites (tertiary alicyclic amines) is 1. The molecular formula is C30H44N4O6S2. The number of hydrogen-bond acceptors (Lipinski definition) is 7. The van der Waals surface area contributed by atoms with Gasteiger partial charge in [-0.2, -0.15) is 4.31 Å². The van der Waals surface area contributed by atoms with Gasteiger partial charge in [-0.3, -0.25) is 9.59 Å². The van der Waals surface area contributed by atoms with Crippen LogP contribution in [0.2, 0.25) is 0 Å². The zero-order valence-electron chi connectivity index (χ0n) is 25.3. The lowest BCUT2D eigenvalue weighted by atomic mass is 9.85. The number of carbonyl (C=O) groups excluding carboxylic acids is 2. The van der Waals surface area contributed by atoms with Crippen LogP contribution in [-0.4, -0.2) is 88.9 Å². The van der Waals surface area contributed by atoms with Crippen LogP contribution in [0.1, 0.15) is 46.1 Å². The van der Waals surface area contributed by atoms with Gasteiger partial charge in [-0.05, 0) is 68.5 Å². The minimum absolute atomic E-state index is 0.0141. The van der Waals surface area contributed by atoms with E-state index in [1.54, 1.807) is 18.9 Å². The molecule has 10 nitrogen and oxygen atoms in total. The maximum Gasteiger partial charge on any atom is 0.245 e. The highest BCUT2D eigenvalue weighted by Gasteiger charge is 2.41. The molecule has 2 aromatic carbocycles. The number of nitrogens with zero attached hydrogens (tertiary/aromatic N) is 2. The van der Waals surface area contributed by atoms with Gasteiger partial charge < -0.3 is 15.5 Å². The van der Waals surface area contributed by atoms with Crippen molar-refractivity contribution in [3.63, 3.8) is 0 Å². The summed E-state index contributed by atoms with van der Waals surface area (Å²) < 4.78 is 53.1. The first-order valence-corrected chi connectivity index (χ1v) is 17.5. The van der Waals surface area contributed by atoms with E-state index in [0.717, 1.165) is 11.8 Å². The van der Waals surface area contributed by atoms with Gasteiger partial charge in [0.15, 0.2) is 9.84 Å². The predicted octanol–water partition coefficient (Wildman–Crippen LogP) is 2.45. The second kappa shape index (κ2) is 13.7. The maximum absolute atomic E-state index is 13.9. The molecule has 1 saturated heterocycles. The number of nitrogens with one attached hydrogen (secondary N) is 2. The lowest BCUT2D eigenvalue weighted by molar-refractivity contribution is -0.140. The molecule has 1 fully saturated rings. The van der Waals surface area contributed by atoms with E-state index >= 15 is 0 Å². The van der Waals surface area contributed by atoms with Crippen LogP contribution < -0.4 is 10.6 Å². The highest BCUT2D eigenvalue weighted by molar-refractivity contribution is 7.90. The summed E-state index contributed by atoms with van der Waals surface area (Å²) in [6.07, 6.45) is 2.86. The van der Waals surface area contributed by atoms with Gasteiger partial charge in [0, 0.05) is 31.9 Å². The van der Waals surface area contributed by atoms with E-state index in [2.05, 4.69) is 10.6 Å². The average Bonchev–Trinajstić information content (AvgIpc) is 3.40. The second-order valence-electron chi connectivity index (χ2n) is 12.0. The summed E-state index contributed by atoms with van der Waals surface area (Å²) in [4.78, 5) is 28.4. The highest BCUT2D eigenvalue weighted by atomic mass is 32.2. The zero-order valence-corrected chi connectivity index (χ0v) is 27.0. The van der Waals surface area contributed by atoms with E-state index in [1.807, 2.05) is 51.1 Å². The molecule has 12 heteroatoms. The number of benzene rings is 2. The van der Waals surface area contributed by atoms with Gasteiger partial charge >= 0.3 is 0 Å². The maximum atomic E-state index is 13.9. The van der Waals surface area contributed by atoms with E-state index in [0.29, 0.717) is 25.8 Å². The molecule has 232 valence electrons. The predicted molar refractivity (Wildman–Crippen MR) is 163 cm³/mol. The third-order valence-corrected chi connectivity index (χ3v) is 10.7. The Kier molecular flexibility index (Phi) is 11.0. The van der Waals surface area contributed by atoms with Crippen molar-refractivity contribution in [1.82, 2.24) is 19.8 Å². The lowest BCUT2D eigenvalue weighted by Gasteiger charge is -2.37. The molecule has 0 spiro atoms. The van der Waals surface area contributed by atoms with E-state index in [4.69, 9.17) is 0 Å². The molecule has 0 unspecified atom stereocenters. The van der Waals surface area contributed by atoms with Gasteiger partial charge in [0.05, 0.1) is 15.8 Å². The van der Waals surface area contributed by atoms with Crippen LogP contribution in [0.4, 0.5) is 0 Å². The number of sulfone groups is 1. The van der Waals surface area contributed by atoms with Crippen LogP contribution in [0.15, 0.2) is 64.4 Å². The average molecular weight is 621 g/mol. The van der Waals surface area contributed by atoms with Crippen molar-refractivity contribution < 1.29 is 26.4 Å². The van der Waals surface area contributed by atoms with E-state index < -0.39 is 37.4 Å². The Bertz CT molecular complexity index is 1440. The van der Waals surface area contributed by atoms with Gasteiger partial charge in [-0.1, -0.05) is 51.1 Å². The van der Waals surface area contributed by atoms with E-state index in [-0.39, 0.29) is 40.7 Å². The topological polar surface area (TPSA) is 133 Å². The fraction of sp³-hybridized carbons (Fsp3) is 0.533. The molecule has 1 heterocycles. The van der Waals surface area contributed by atoms with E-state index in [9.17, 15) is 26.4 Å². The monoisotopic (exact) mass is 620 g/mol. The van der Waals surface area contributed by atoms with Gasteiger partial charge in [0.1, 0.15) is 6.04 Å². The fourth-order valence-corrected chi connectivity index (χ4v) is 7.09. The zero-order chi connectivity index (χ0) is 31.3. The smallest absolute Gasteiger partial charge is 0.245 e. The standard InChI is InChI=1S/C30H44N4O6S2/c1-22(31-5)28(35)32-27(30(2,3)4)29(36)34-19-10-13-24(34)21-33(20-18-23-11-8-7-9-12-23)42(39,40)26-16-14-25(15-17-26)41(6,37)38/h7-9,11-12,14-17,22,24,27,31H,10,13,18-21H2,1-6H3,(H,32,35)/t22-,24-,27+/m0/s1. The number of carbonyl (C=O) groups is 2. The molecule has 0 saturated carbocycles. The molecule has 42 heavy (non-hydrogen) atoms. The Morgan fingerprint density at radius 1 is 1.00 bits per heavy atom. The first-order valence-electron chi connectivity index (χ1n) is 14.2. The summed E-state index contributed by atoms with van der Waals surface area (Å²) >= 11 is 0. The molecular weight excluding hydrogens is 576 g/mol. The molecule has 0 aliphatic carbocycles. The third kappa shape index (κ3) is 8.40. The van der Waals surface area contributed by atoms with Crippen molar-refractivity contribution in [2.45, 2.75) is 74.9 Å². The number of likely N-dealkylation sites (N-methyl/N-ethyl adjacent to an activating group) is 1. The van der Waals surface area contributed by atoms with Crippen molar-refractivity contribution in [1.29, 1.82) is 0 Å². The largest absolute Gasteiger partial charge is 0.342 e. The summed E-state index contributed by atoms with van der Waals surface area (Å²) in [6.45, 7) is 8.11. The minimum atomic E-state index is -4.03. The lowest BCUT2D eigenvalue weighted by Crippen LogP contribution is -2.59. The van der Waals surface area contributed by atoms with Gasteiger partial charge in [-0.15, -0.1) is 0 Å². The van der Waals surface area contributed by atoms with Crippen molar-refractivity contribution >= 4 is 31.7 Å². The van der Waals surface area contributed by atoms with Crippen LogP contribution in [0, 0.1) is 5.41 Å². The van der Waals surface area contributed by atoms with Crippen molar-refractivity contribution in [3.8, 4) is 0 Å². The van der Waals surface area contributed by atoms with Gasteiger partial charge in [0.25, 0.3) is 0 Å². The molecule has 3 rings (SSSR count). The first kappa shape index (κ1) is 33.7.